The Balaban J connectivity index is 0.000000155. The molecule has 19 nitrogen and oxygen atoms in total. The first-order chi connectivity index (χ1) is 55.7. The van der Waals surface area contributed by atoms with Gasteiger partial charge in [-0.1, -0.05) is 117 Å². The number of amides is 6. The molecule has 12 atom stereocenters. The number of rotatable bonds is 13. The van der Waals surface area contributed by atoms with Crippen molar-refractivity contribution in [3.05, 3.63) is 142 Å². The second-order valence-electron chi connectivity index (χ2n) is 38.9. The van der Waals surface area contributed by atoms with E-state index in [9.17, 15) is 28.8 Å². The maximum atomic E-state index is 12.4. The lowest BCUT2D eigenvalue weighted by atomic mass is 9.72. The zero-order valence-electron chi connectivity index (χ0n) is 70.6. The summed E-state index contributed by atoms with van der Waals surface area (Å²) in [7, 11) is 0. The third-order valence-electron chi connectivity index (χ3n) is 32.2. The van der Waals surface area contributed by atoms with Gasteiger partial charge < -0.3 is 64.9 Å². The van der Waals surface area contributed by atoms with Gasteiger partial charge in [0.2, 0.25) is 17.7 Å². The molecule has 4 saturated carbocycles. The lowest BCUT2D eigenvalue weighted by Crippen LogP contribution is -2.55. The van der Waals surface area contributed by atoms with Gasteiger partial charge in [0.15, 0.2) is 0 Å². The van der Waals surface area contributed by atoms with Gasteiger partial charge in [-0.3, -0.25) is 14.4 Å². The standard InChI is InChI=1S/C25H35N3O3.C25H37N3O3.C24H34N2O2.C22H30N2O.5H2/c1-3-31-24(30)28-18-8-9-19(28)15-20(14-18)27-12-10-25(11-13-27)16-23(26-17(2)29)21-6-4-5-7-22(21)25;1-4-31-23(30)28-15-9-24(3,10-16-28)18-27-13-11-25(12-14-27)17-22(26-19(2)29)20-7-5-6-8-21(20)25;1-2-28-23(27)25-22-15-24(21-6-4-3-5-20(21)22)9-11-26(12-10-24)16-19-14-17-7-8-18(19)13-17;1-15(25)23-20-14-22(19-5-3-2-4-18(19)20)8-10-24(11-9-22)21-13-16-6-7-17(21)12-16;;;;;/h4-7,18-20,23H,3,8-16H2,1-2H3,(H,26,29);5-8,22H,4,9-18H2,1-3H3,(H,26,29);3-6,17-19,22H,2,7-16H2,1H3,(H,25,27);2-5,16-17,20-21H,6-14H2,1H3,(H,23,25);5*1H/t;22-;17-,18?,19+,22-;16-,17-,20-,21-;;;;;/m.001...../s1. The first-order valence-corrected chi connectivity index (χ1v) is 45.6. The largest absolute Gasteiger partial charge is 0.450 e. The van der Waals surface area contributed by atoms with Crippen molar-refractivity contribution in [2.24, 2.45) is 35.0 Å². The van der Waals surface area contributed by atoms with Crippen LogP contribution in [0.25, 0.3) is 0 Å². The Kier molecular flexibility index (Phi) is 24.7. The van der Waals surface area contributed by atoms with E-state index in [0.29, 0.717) is 37.9 Å². The second-order valence-corrected chi connectivity index (χ2v) is 38.9. The van der Waals surface area contributed by atoms with Crippen LogP contribution in [0, 0.1) is 35.0 Å². The van der Waals surface area contributed by atoms with E-state index in [1.54, 1.807) is 20.8 Å². The molecule has 4 aromatic rings. The van der Waals surface area contributed by atoms with Crippen molar-refractivity contribution in [1.82, 2.24) is 50.7 Å². The molecule has 4 aromatic carbocycles. The Morgan fingerprint density at radius 1 is 0.400 bits per heavy atom. The number of fused-ring (bicyclic) bond motifs is 14. The topological polar surface area (TPSA) is 198 Å². The summed E-state index contributed by atoms with van der Waals surface area (Å²) in [6.07, 6.45) is 31.5. The summed E-state index contributed by atoms with van der Waals surface area (Å²) < 4.78 is 15.6. The SMILES string of the molecule is CC(=O)N[C@@H]1CC2(CCN([C@@H]3C[C@@H]4CC[C@@H]3C4)CC2)c2ccccc21.CCOC(=O)N1C2CCC1CC(N1CCC3(CC1)CC(NC(C)=O)c1ccccc13)C2.CCOC(=O)N1CCC(C)(CN2CCC3(CC2)C[C@H](NC(C)=O)c2ccccc23)CC1.CCOC(=O)N[C@H]1CC2(CCN(C[C@H]3C[C@H]4CCC3C4)CC2)c2ccccc21.[HH].[HH].[HH].[HH].[HH]. The van der Waals surface area contributed by atoms with Crippen LogP contribution >= 0.6 is 0 Å². The number of hydrogen-bond acceptors (Lipinski definition) is 13. The normalized spacial score (nSPS) is 31.0. The van der Waals surface area contributed by atoms with Crippen LogP contribution in [0.15, 0.2) is 97.1 Å². The van der Waals surface area contributed by atoms with E-state index in [1.807, 2.05) is 30.6 Å². The minimum absolute atomic E-state index is 0. The van der Waals surface area contributed by atoms with Crippen molar-refractivity contribution < 1.29 is 50.1 Å². The highest BCUT2D eigenvalue weighted by Gasteiger charge is 2.54. The van der Waals surface area contributed by atoms with Gasteiger partial charge in [0.05, 0.1) is 44.0 Å². The van der Waals surface area contributed by atoms with Crippen LogP contribution in [0.3, 0.4) is 0 Å². The first kappa shape index (κ1) is 81.7. The molecule has 0 aromatic heterocycles. The van der Waals surface area contributed by atoms with E-state index in [2.05, 4.69) is 145 Å². The number of benzene rings is 4. The van der Waals surface area contributed by atoms with Gasteiger partial charge in [0.1, 0.15) is 0 Å². The number of piperidine rings is 6. The van der Waals surface area contributed by atoms with Crippen molar-refractivity contribution >= 4 is 36.0 Å². The quantitative estimate of drug-likeness (QED) is 0.0924. The van der Waals surface area contributed by atoms with Crippen LogP contribution in [0.4, 0.5) is 14.4 Å². The van der Waals surface area contributed by atoms with Gasteiger partial charge >= 0.3 is 18.3 Å². The monoisotopic (exact) mass is 1580 g/mol. The summed E-state index contributed by atoms with van der Waals surface area (Å²) in [4.78, 5) is 86.4. The van der Waals surface area contributed by atoms with E-state index < -0.39 is 0 Å². The van der Waals surface area contributed by atoms with Crippen molar-refractivity contribution in [1.29, 1.82) is 0 Å². The highest BCUT2D eigenvalue weighted by molar-refractivity contribution is 5.75. The molecular weight excluding hydrogens is 1440 g/mol. The zero-order valence-corrected chi connectivity index (χ0v) is 70.6. The van der Waals surface area contributed by atoms with E-state index in [1.165, 1.54) is 154 Å². The molecule has 19 rings (SSSR count). The Labute approximate surface area is 693 Å². The van der Waals surface area contributed by atoms with Crippen LogP contribution in [0.1, 0.15) is 291 Å². The van der Waals surface area contributed by atoms with E-state index in [-0.39, 0.29) is 94.4 Å². The predicted octanol–water partition coefficient (Wildman–Crippen LogP) is 17.3. The molecular formula is C96H146N10O9. The zero-order chi connectivity index (χ0) is 79.8. The van der Waals surface area contributed by atoms with Crippen LogP contribution < -0.4 is 21.3 Å². The molecule has 4 spiro atoms. The number of likely N-dealkylation sites (tertiary alicyclic amines) is 5. The van der Waals surface area contributed by atoms with E-state index in [4.69, 9.17) is 14.2 Å². The Morgan fingerprint density at radius 2 is 0.791 bits per heavy atom. The number of carbonyl (C=O) groups excluding carboxylic acids is 6. The fourth-order valence-electron chi connectivity index (χ4n) is 26.6. The van der Waals surface area contributed by atoms with Gasteiger partial charge in [0.25, 0.3) is 0 Å². The van der Waals surface area contributed by atoms with Gasteiger partial charge in [0, 0.05) is 99.9 Å². The van der Waals surface area contributed by atoms with Crippen LogP contribution in [0.2, 0.25) is 0 Å². The van der Waals surface area contributed by atoms with Gasteiger partial charge in [-0.25, -0.2) is 14.4 Å². The molecule has 8 aliphatic carbocycles. The maximum absolute atomic E-state index is 12.4. The van der Waals surface area contributed by atoms with E-state index >= 15 is 0 Å². The number of ether oxygens (including phenoxy) is 3. The minimum atomic E-state index is -0.284. The molecule has 0 radical (unpaired) electrons. The third-order valence-corrected chi connectivity index (χ3v) is 32.2. The lowest BCUT2D eigenvalue weighted by molar-refractivity contribution is -0.120. The average Bonchev–Trinajstić information content (AvgIpc) is 1.60. The summed E-state index contributed by atoms with van der Waals surface area (Å²) in [6.45, 7) is 27.4. The summed E-state index contributed by atoms with van der Waals surface area (Å²) in [5, 5.41) is 12.7. The van der Waals surface area contributed by atoms with Crippen LogP contribution in [0.5, 0.6) is 0 Å². The molecule has 7 aliphatic heterocycles. The molecule has 15 aliphatic rings. The highest BCUT2D eigenvalue weighted by Crippen LogP contribution is 2.58. The molecule has 6 amide bonds. The molecule has 7 heterocycles. The number of hydrogen-bond donors (Lipinski definition) is 4. The molecule has 634 valence electrons. The maximum Gasteiger partial charge on any atom is 0.410 e. The molecule has 4 N–H and O–H groups in total. The van der Waals surface area contributed by atoms with Crippen LogP contribution in [-0.2, 0) is 50.3 Å². The van der Waals surface area contributed by atoms with Crippen molar-refractivity contribution in [2.45, 2.75) is 285 Å². The summed E-state index contributed by atoms with van der Waals surface area (Å²) in [6, 6.07) is 37.7. The molecule has 7 saturated heterocycles. The smallest absolute Gasteiger partial charge is 0.410 e. The van der Waals surface area contributed by atoms with Gasteiger partial charge in [-0.2, -0.15) is 0 Å². The minimum Gasteiger partial charge on any atom is -0.450 e. The van der Waals surface area contributed by atoms with Crippen LogP contribution in [-0.4, -0.2) is 188 Å². The van der Waals surface area contributed by atoms with Gasteiger partial charge in [-0.05, 0) is 307 Å². The third kappa shape index (κ3) is 17.2. The molecule has 19 heteroatoms. The molecule has 6 bridgehead atoms. The fraction of sp³-hybridized carbons (Fsp3) is 0.688. The first-order valence-electron chi connectivity index (χ1n) is 45.6. The van der Waals surface area contributed by atoms with Gasteiger partial charge in [-0.15, -0.1) is 0 Å². The second kappa shape index (κ2) is 34.7. The highest BCUT2D eigenvalue weighted by atomic mass is 16.6. The predicted molar refractivity (Wildman–Crippen MR) is 460 cm³/mol. The Bertz CT molecular complexity index is 4100. The lowest BCUT2D eigenvalue weighted by Gasteiger charge is -2.47. The molecule has 4 unspecified atom stereocenters. The van der Waals surface area contributed by atoms with Crippen molar-refractivity contribution in [3.8, 4) is 0 Å². The summed E-state index contributed by atoms with van der Waals surface area (Å²) in [5.74, 6) is 5.24. The Morgan fingerprint density at radius 3 is 1.19 bits per heavy atom. The van der Waals surface area contributed by atoms with Crippen molar-refractivity contribution in [2.75, 3.05) is 98.4 Å². The number of nitrogens with one attached hydrogen (secondary N) is 4. The molecule has 115 heavy (non-hydrogen) atoms. The van der Waals surface area contributed by atoms with E-state index in [0.717, 1.165) is 171 Å². The summed E-state index contributed by atoms with van der Waals surface area (Å²) >= 11 is 0. The number of alkyl carbamates (subject to hydrolysis) is 1. The Hall–Kier alpha value is -7.06. The molecule has 11 fully saturated rings. The number of nitrogens with zero attached hydrogens (tertiary/aromatic N) is 6. The summed E-state index contributed by atoms with van der Waals surface area (Å²) in [5.41, 5.74) is 12.3. The number of carbonyl (C=O) groups is 6. The fourth-order valence-corrected chi connectivity index (χ4v) is 26.6. The average molecular weight is 1580 g/mol. The van der Waals surface area contributed by atoms with Crippen molar-refractivity contribution in [3.63, 3.8) is 0 Å².